The lowest BCUT2D eigenvalue weighted by Gasteiger charge is -2.23. The third-order valence-corrected chi connectivity index (χ3v) is 2.37. The molecular weight excluding hydrogens is 224 g/mol. The molecule has 1 aromatic rings. The third kappa shape index (κ3) is 4.55. The third-order valence-electron chi connectivity index (χ3n) is 2.37. The molecule has 18 heavy (non-hydrogen) atoms. The van der Waals surface area contributed by atoms with E-state index in [2.05, 4.69) is 37.1 Å². The van der Waals surface area contributed by atoms with Gasteiger partial charge in [-0.2, -0.15) is 0 Å². The van der Waals surface area contributed by atoms with Crippen LogP contribution in [0.4, 0.5) is 5.82 Å². The van der Waals surface area contributed by atoms with Crippen molar-refractivity contribution in [2.45, 2.75) is 53.9 Å². The molecule has 1 aliphatic heterocycles. The fourth-order valence-corrected chi connectivity index (χ4v) is 1.43. The summed E-state index contributed by atoms with van der Waals surface area (Å²) < 4.78 is 5.53. The lowest BCUT2D eigenvalue weighted by molar-refractivity contribution is 0.320. The molecule has 0 amide bonds. The molecule has 1 aromatic heterocycles. The van der Waals surface area contributed by atoms with Crippen LogP contribution in [0.15, 0.2) is 12.3 Å². The van der Waals surface area contributed by atoms with Crippen LogP contribution in [-0.2, 0) is 5.41 Å². The summed E-state index contributed by atoms with van der Waals surface area (Å²) in [5, 5.41) is 3.21. The highest BCUT2D eigenvalue weighted by atomic mass is 16.5. The molecule has 0 fully saturated rings. The molecule has 3 nitrogen and oxygen atoms in total. The van der Waals surface area contributed by atoms with Crippen molar-refractivity contribution >= 4 is 5.82 Å². The Labute approximate surface area is 112 Å². The molecule has 0 spiro atoms. The topological polar surface area (TPSA) is 34.1 Å². The van der Waals surface area contributed by atoms with Gasteiger partial charge in [-0.3, -0.25) is 0 Å². The number of nitrogens with zero attached hydrogens (tertiary/aromatic N) is 1. The molecule has 0 saturated heterocycles. The van der Waals surface area contributed by atoms with Gasteiger partial charge in [-0.05, 0) is 17.0 Å². The molecule has 0 aromatic carbocycles. The van der Waals surface area contributed by atoms with Crippen molar-refractivity contribution in [2.24, 2.45) is 0 Å². The molecule has 2 rings (SSSR count). The van der Waals surface area contributed by atoms with Gasteiger partial charge in [-0.1, -0.05) is 48.5 Å². The van der Waals surface area contributed by atoms with E-state index >= 15 is 0 Å². The quantitative estimate of drug-likeness (QED) is 0.750. The van der Waals surface area contributed by atoms with Gasteiger partial charge in [0.25, 0.3) is 0 Å². The van der Waals surface area contributed by atoms with Gasteiger partial charge in [0.1, 0.15) is 6.61 Å². The van der Waals surface area contributed by atoms with Crippen LogP contribution >= 0.6 is 0 Å². The molecule has 0 atom stereocenters. The Balaban J connectivity index is 0.000000659. The normalized spacial score (nSPS) is 12.6. The SMILES string of the molecule is CC.CC.CC(C)(C)c1cnc2c(c1)OCCN2. The largest absolute Gasteiger partial charge is 0.488 e. The van der Waals surface area contributed by atoms with Gasteiger partial charge < -0.3 is 10.1 Å². The van der Waals surface area contributed by atoms with E-state index in [9.17, 15) is 0 Å². The molecule has 0 bridgehead atoms. The highest BCUT2D eigenvalue weighted by Gasteiger charge is 2.18. The Hall–Kier alpha value is -1.25. The molecule has 1 N–H and O–H groups in total. The smallest absolute Gasteiger partial charge is 0.168 e. The van der Waals surface area contributed by atoms with E-state index in [1.54, 1.807) is 0 Å². The minimum atomic E-state index is 0.128. The van der Waals surface area contributed by atoms with E-state index in [0.717, 1.165) is 24.7 Å². The average Bonchev–Trinajstić information content (AvgIpc) is 2.42. The molecule has 1 aliphatic rings. The first kappa shape index (κ1) is 16.8. The van der Waals surface area contributed by atoms with Gasteiger partial charge in [0, 0.05) is 6.20 Å². The van der Waals surface area contributed by atoms with Crippen molar-refractivity contribution in [3.8, 4) is 5.75 Å². The van der Waals surface area contributed by atoms with Crippen LogP contribution in [0, 0.1) is 0 Å². The number of aromatic nitrogens is 1. The zero-order chi connectivity index (χ0) is 14.2. The zero-order valence-electron chi connectivity index (χ0n) is 12.9. The van der Waals surface area contributed by atoms with Crippen LogP contribution in [0.1, 0.15) is 54.0 Å². The minimum absolute atomic E-state index is 0.128. The van der Waals surface area contributed by atoms with Gasteiger partial charge in [0.15, 0.2) is 11.6 Å². The van der Waals surface area contributed by atoms with Crippen molar-refractivity contribution in [2.75, 3.05) is 18.5 Å². The van der Waals surface area contributed by atoms with Crippen molar-refractivity contribution in [3.63, 3.8) is 0 Å². The predicted molar refractivity (Wildman–Crippen MR) is 79.6 cm³/mol. The second-order valence-electron chi connectivity index (χ2n) is 4.60. The van der Waals surface area contributed by atoms with Crippen LogP contribution < -0.4 is 10.1 Å². The van der Waals surface area contributed by atoms with E-state index < -0.39 is 0 Å². The molecule has 0 aliphatic carbocycles. The fourth-order valence-electron chi connectivity index (χ4n) is 1.43. The van der Waals surface area contributed by atoms with Gasteiger partial charge in [-0.25, -0.2) is 4.98 Å². The molecule has 3 heteroatoms. The van der Waals surface area contributed by atoms with Gasteiger partial charge in [0.2, 0.25) is 0 Å². The number of rotatable bonds is 0. The Bertz CT molecular complexity index is 343. The Kier molecular flexibility index (Phi) is 7.41. The number of pyridine rings is 1. The van der Waals surface area contributed by atoms with Crippen molar-refractivity contribution in [3.05, 3.63) is 17.8 Å². The molecular formula is C15H28N2O. The van der Waals surface area contributed by atoms with Crippen LogP contribution in [0.5, 0.6) is 5.75 Å². The lowest BCUT2D eigenvalue weighted by Crippen LogP contribution is -2.20. The maximum Gasteiger partial charge on any atom is 0.168 e. The summed E-state index contributed by atoms with van der Waals surface area (Å²) in [5.74, 6) is 1.74. The molecule has 0 unspecified atom stereocenters. The highest BCUT2D eigenvalue weighted by molar-refractivity contribution is 5.53. The highest BCUT2D eigenvalue weighted by Crippen LogP contribution is 2.30. The van der Waals surface area contributed by atoms with Crippen LogP contribution in [0.2, 0.25) is 0 Å². The monoisotopic (exact) mass is 252 g/mol. The summed E-state index contributed by atoms with van der Waals surface area (Å²) in [6.07, 6.45) is 1.92. The zero-order valence-corrected chi connectivity index (χ0v) is 12.9. The summed E-state index contributed by atoms with van der Waals surface area (Å²) in [6, 6.07) is 2.08. The molecule has 104 valence electrons. The van der Waals surface area contributed by atoms with Crippen molar-refractivity contribution in [1.82, 2.24) is 4.98 Å². The second kappa shape index (κ2) is 7.96. The summed E-state index contributed by atoms with van der Waals surface area (Å²) in [6.45, 7) is 16.1. The van der Waals surface area contributed by atoms with E-state index in [1.807, 2.05) is 33.9 Å². The lowest BCUT2D eigenvalue weighted by atomic mass is 9.88. The molecule has 2 heterocycles. The first-order chi connectivity index (χ1) is 8.57. The van der Waals surface area contributed by atoms with E-state index in [4.69, 9.17) is 4.74 Å². The Morgan fingerprint density at radius 3 is 2.33 bits per heavy atom. The number of hydrogen-bond acceptors (Lipinski definition) is 3. The predicted octanol–water partition coefficient (Wildman–Crippen LogP) is 4.24. The number of nitrogens with one attached hydrogen (secondary N) is 1. The summed E-state index contributed by atoms with van der Waals surface area (Å²) in [5.41, 5.74) is 1.34. The van der Waals surface area contributed by atoms with Crippen LogP contribution in [-0.4, -0.2) is 18.1 Å². The second-order valence-corrected chi connectivity index (χ2v) is 4.60. The number of fused-ring (bicyclic) bond motifs is 1. The first-order valence-corrected chi connectivity index (χ1v) is 6.94. The molecule has 0 saturated carbocycles. The van der Waals surface area contributed by atoms with E-state index in [-0.39, 0.29) is 5.41 Å². The fraction of sp³-hybridized carbons (Fsp3) is 0.667. The van der Waals surface area contributed by atoms with Gasteiger partial charge in [-0.15, -0.1) is 0 Å². The van der Waals surface area contributed by atoms with Crippen molar-refractivity contribution in [1.29, 1.82) is 0 Å². The Morgan fingerprint density at radius 1 is 1.17 bits per heavy atom. The standard InChI is InChI=1S/C11H16N2O.2C2H6/c1-11(2,3)8-6-9-10(13-7-8)12-4-5-14-9;2*1-2/h6-7H,4-5H2,1-3H3,(H,12,13);2*1-2H3. The van der Waals surface area contributed by atoms with Crippen molar-refractivity contribution < 1.29 is 4.74 Å². The average molecular weight is 252 g/mol. The number of ether oxygens (including phenoxy) is 1. The van der Waals surface area contributed by atoms with E-state index in [0.29, 0.717) is 0 Å². The van der Waals surface area contributed by atoms with Gasteiger partial charge in [0.05, 0.1) is 6.54 Å². The number of hydrogen-bond donors (Lipinski definition) is 1. The van der Waals surface area contributed by atoms with E-state index in [1.165, 1.54) is 5.56 Å². The summed E-state index contributed by atoms with van der Waals surface area (Å²) in [4.78, 5) is 4.35. The van der Waals surface area contributed by atoms with Crippen LogP contribution in [0.3, 0.4) is 0 Å². The maximum absolute atomic E-state index is 5.53. The summed E-state index contributed by atoms with van der Waals surface area (Å²) in [7, 11) is 0. The number of anilines is 1. The Morgan fingerprint density at radius 2 is 1.78 bits per heavy atom. The van der Waals surface area contributed by atoms with Gasteiger partial charge >= 0.3 is 0 Å². The minimum Gasteiger partial charge on any atom is -0.488 e. The van der Waals surface area contributed by atoms with Crippen LogP contribution in [0.25, 0.3) is 0 Å². The maximum atomic E-state index is 5.53. The molecule has 0 radical (unpaired) electrons. The first-order valence-electron chi connectivity index (χ1n) is 6.94. The summed E-state index contributed by atoms with van der Waals surface area (Å²) >= 11 is 0.